The zero-order chi connectivity index (χ0) is 13.9. The molecule has 4 nitrogen and oxygen atoms in total. The van der Waals surface area contributed by atoms with Crippen molar-refractivity contribution in [2.45, 2.75) is 33.1 Å². The van der Waals surface area contributed by atoms with E-state index in [1.807, 2.05) is 11.9 Å². The molecule has 0 radical (unpaired) electrons. The van der Waals surface area contributed by atoms with Gasteiger partial charge in [0.15, 0.2) is 0 Å². The van der Waals surface area contributed by atoms with Crippen molar-refractivity contribution in [3.63, 3.8) is 0 Å². The smallest absolute Gasteiger partial charge is 0.230 e. The number of hydrogen-bond donors (Lipinski definition) is 1. The number of amides is 1. The van der Waals surface area contributed by atoms with Crippen LogP contribution in [0.15, 0.2) is 0 Å². The van der Waals surface area contributed by atoms with E-state index in [0.29, 0.717) is 17.7 Å². The number of carbonyl (C=O) groups excluding carboxylic acids is 1. The van der Waals surface area contributed by atoms with Crippen molar-refractivity contribution in [1.29, 1.82) is 0 Å². The number of hydrogen-bond acceptors (Lipinski definition) is 3. The Labute approximate surface area is 116 Å². The Bertz CT molecular complexity index is 305. The largest absolute Gasteiger partial charge is 0.381 e. The average molecular weight is 268 g/mol. The molecule has 0 bridgehead atoms. The zero-order valence-corrected chi connectivity index (χ0v) is 12.6. The number of rotatable bonds is 4. The first-order valence-corrected chi connectivity index (χ1v) is 7.60. The van der Waals surface area contributed by atoms with Crippen LogP contribution >= 0.6 is 0 Å². The molecular weight excluding hydrogens is 240 g/mol. The molecule has 2 fully saturated rings. The SMILES string of the molecule is CC(C)C1(C(=O)N(C)CC2CCCOC2)CCNC1. The molecule has 2 atom stereocenters. The van der Waals surface area contributed by atoms with Crippen LogP contribution in [0.2, 0.25) is 0 Å². The summed E-state index contributed by atoms with van der Waals surface area (Å²) in [6, 6.07) is 0. The van der Waals surface area contributed by atoms with Gasteiger partial charge in [-0.15, -0.1) is 0 Å². The van der Waals surface area contributed by atoms with Crippen LogP contribution in [0.25, 0.3) is 0 Å². The van der Waals surface area contributed by atoms with E-state index >= 15 is 0 Å². The minimum atomic E-state index is -0.190. The first-order chi connectivity index (χ1) is 9.06. The highest BCUT2D eigenvalue weighted by Crippen LogP contribution is 2.36. The Kier molecular flexibility index (Phi) is 4.85. The highest BCUT2D eigenvalue weighted by molar-refractivity contribution is 5.83. The predicted octanol–water partition coefficient (Wildman–Crippen LogP) is 1.51. The van der Waals surface area contributed by atoms with Gasteiger partial charge in [0.1, 0.15) is 0 Å². The van der Waals surface area contributed by atoms with Gasteiger partial charge in [-0.1, -0.05) is 13.8 Å². The summed E-state index contributed by atoms with van der Waals surface area (Å²) in [5.74, 6) is 1.22. The minimum absolute atomic E-state index is 0.190. The lowest BCUT2D eigenvalue weighted by atomic mass is 9.75. The Morgan fingerprint density at radius 1 is 1.53 bits per heavy atom. The van der Waals surface area contributed by atoms with Gasteiger partial charge in [-0.3, -0.25) is 4.79 Å². The number of ether oxygens (including phenoxy) is 1. The third kappa shape index (κ3) is 3.11. The van der Waals surface area contributed by atoms with E-state index in [4.69, 9.17) is 4.74 Å². The Morgan fingerprint density at radius 2 is 2.32 bits per heavy atom. The molecule has 0 spiro atoms. The van der Waals surface area contributed by atoms with Crippen molar-refractivity contribution < 1.29 is 9.53 Å². The summed E-state index contributed by atoms with van der Waals surface area (Å²) >= 11 is 0. The van der Waals surface area contributed by atoms with Gasteiger partial charge in [-0.05, 0) is 37.6 Å². The molecule has 1 N–H and O–H groups in total. The fourth-order valence-electron chi connectivity index (χ4n) is 3.44. The molecule has 2 aliphatic heterocycles. The quantitative estimate of drug-likeness (QED) is 0.840. The topological polar surface area (TPSA) is 41.6 Å². The fraction of sp³-hybridized carbons (Fsp3) is 0.933. The highest BCUT2D eigenvalue weighted by Gasteiger charge is 2.45. The summed E-state index contributed by atoms with van der Waals surface area (Å²) in [4.78, 5) is 14.8. The predicted molar refractivity (Wildman–Crippen MR) is 75.9 cm³/mol. The highest BCUT2D eigenvalue weighted by atomic mass is 16.5. The molecule has 2 saturated heterocycles. The van der Waals surface area contributed by atoms with Gasteiger partial charge in [0.25, 0.3) is 0 Å². The normalized spacial score (nSPS) is 31.7. The maximum absolute atomic E-state index is 12.8. The number of nitrogens with zero attached hydrogens (tertiary/aromatic N) is 1. The number of carbonyl (C=O) groups is 1. The second kappa shape index (κ2) is 6.23. The van der Waals surface area contributed by atoms with E-state index in [0.717, 1.165) is 45.7 Å². The van der Waals surface area contributed by atoms with Crippen LogP contribution in [0.1, 0.15) is 33.1 Å². The molecule has 0 aliphatic carbocycles. The van der Waals surface area contributed by atoms with Crippen LogP contribution in [0, 0.1) is 17.3 Å². The molecular formula is C15H28N2O2. The van der Waals surface area contributed by atoms with Gasteiger partial charge in [0.2, 0.25) is 5.91 Å². The molecule has 2 heterocycles. The lowest BCUT2D eigenvalue weighted by Gasteiger charge is -2.37. The lowest BCUT2D eigenvalue weighted by Crippen LogP contribution is -2.48. The molecule has 0 saturated carbocycles. The Hall–Kier alpha value is -0.610. The molecule has 2 rings (SSSR count). The van der Waals surface area contributed by atoms with Crippen molar-refractivity contribution in [1.82, 2.24) is 10.2 Å². The van der Waals surface area contributed by atoms with Gasteiger partial charge in [0.05, 0.1) is 12.0 Å². The fourth-order valence-corrected chi connectivity index (χ4v) is 3.44. The molecule has 0 aromatic heterocycles. The summed E-state index contributed by atoms with van der Waals surface area (Å²) < 4.78 is 5.51. The molecule has 0 aromatic rings. The second-order valence-corrected chi connectivity index (χ2v) is 6.51. The van der Waals surface area contributed by atoms with Crippen LogP contribution in [0.3, 0.4) is 0 Å². The average Bonchev–Trinajstić information content (AvgIpc) is 2.89. The van der Waals surface area contributed by atoms with E-state index in [2.05, 4.69) is 19.2 Å². The van der Waals surface area contributed by atoms with Crippen molar-refractivity contribution in [3.05, 3.63) is 0 Å². The van der Waals surface area contributed by atoms with E-state index in [-0.39, 0.29) is 5.41 Å². The third-order valence-corrected chi connectivity index (χ3v) is 4.85. The zero-order valence-electron chi connectivity index (χ0n) is 12.6. The van der Waals surface area contributed by atoms with Crippen LogP contribution < -0.4 is 5.32 Å². The number of nitrogens with one attached hydrogen (secondary N) is 1. The molecule has 1 amide bonds. The lowest BCUT2D eigenvalue weighted by molar-refractivity contribution is -0.143. The maximum Gasteiger partial charge on any atom is 0.230 e. The molecule has 19 heavy (non-hydrogen) atoms. The van der Waals surface area contributed by atoms with Gasteiger partial charge in [-0.2, -0.15) is 0 Å². The van der Waals surface area contributed by atoms with E-state index in [9.17, 15) is 4.79 Å². The summed E-state index contributed by atoms with van der Waals surface area (Å²) in [5.41, 5.74) is -0.190. The van der Waals surface area contributed by atoms with Crippen molar-refractivity contribution in [3.8, 4) is 0 Å². The minimum Gasteiger partial charge on any atom is -0.381 e. The van der Waals surface area contributed by atoms with Crippen LogP contribution in [0.5, 0.6) is 0 Å². The van der Waals surface area contributed by atoms with Crippen LogP contribution in [0.4, 0.5) is 0 Å². The molecule has 110 valence electrons. The van der Waals surface area contributed by atoms with Gasteiger partial charge < -0.3 is 15.0 Å². The first kappa shape index (κ1) is 14.8. The standard InChI is InChI=1S/C15H28N2O2/c1-12(2)15(6-7-16-11-15)14(18)17(3)9-13-5-4-8-19-10-13/h12-13,16H,4-11H2,1-3H3. The van der Waals surface area contributed by atoms with Gasteiger partial charge in [-0.25, -0.2) is 0 Å². The van der Waals surface area contributed by atoms with E-state index < -0.39 is 0 Å². The van der Waals surface area contributed by atoms with Gasteiger partial charge in [0, 0.05) is 26.7 Å². The Balaban J connectivity index is 1.96. The molecule has 0 aromatic carbocycles. The monoisotopic (exact) mass is 268 g/mol. The van der Waals surface area contributed by atoms with Gasteiger partial charge >= 0.3 is 0 Å². The molecule has 4 heteroatoms. The Morgan fingerprint density at radius 3 is 2.84 bits per heavy atom. The first-order valence-electron chi connectivity index (χ1n) is 7.60. The molecule has 2 aliphatic rings. The second-order valence-electron chi connectivity index (χ2n) is 6.51. The van der Waals surface area contributed by atoms with E-state index in [1.165, 1.54) is 6.42 Å². The maximum atomic E-state index is 12.8. The van der Waals surface area contributed by atoms with Crippen LogP contribution in [-0.2, 0) is 9.53 Å². The van der Waals surface area contributed by atoms with Crippen molar-refractivity contribution >= 4 is 5.91 Å². The summed E-state index contributed by atoms with van der Waals surface area (Å²) in [6.07, 6.45) is 3.28. The van der Waals surface area contributed by atoms with E-state index in [1.54, 1.807) is 0 Å². The molecule has 2 unspecified atom stereocenters. The summed E-state index contributed by atoms with van der Waals surface area (Å²) in [6.45, 7) is 8.66. The van der Waals surface area contributed by atoms with Crippen LogP contribution in [-0.4, -0.2) is 50.7 Å². The third-order valence-electron chi connectivity index (χ3n) is 4.85. The van der Waals surface area contributed by atoms with Crippen molar-refractivity contribution in [2.75, 3.05) is 39.9 Å². The summed E-state index contributed by atoms with van der Waals surface area (Å²) in [5, 5.41) is 3.36. The summed E-state index contributed by atoms with van der Waals surface area (Å²) in [7, 11) is 1.96. The van der Waals surface area contributed by atoms with Crippen molar-refractivity contribution in [2.24, 2.45) is 17.3 Å².